The molecule has 1 heterocycles. The molecule has 0 aliphatic heterocycles. The second-order valence-corrected chi connectivity index (χ2v) is 6.92. The molecule has 112 valence electrons. The fourth-order valence-electron chi connectivity index (χ4n) is 2.08. The Morgan fingerprint density at radius 2 is 1.82 bits per heavy atom. The maximum atomic E-state index is 6.09. The number of benzene rings is 2. The summed E-state index contributed by atoms with van der Waals surface area (Å²) in [5, 5.41) is 8.65. The van der Waals surface area contributed by atoms with Crippen molar-refractivity contribution in [2.45, 2.75) is 6.92 Å². The number of rotatable bonds is 3. The molecule has 0 aliphatic rings. The van der Waals surface area contributed by atoms with E-state index in [4.69, 9.17) is 11.6 Å². The summed E-state index contributed by atoms with van der Waals surface area (Å²) in [7, 11) is 0. The van der Waals surface area contributed by atoms with Crippen LogP contribution in [0.5, 0.6) is 0 Å². The van der Waals surface area contributed by atoms with Crippen molar-refractivity contribution in [3.05, 3.63) is 68.2 Å². The minimum Gasteiger partial charge on any atom is -0.339 e. The lowest BCUT2D eigenvalue weighted by molar-refractivity contribution is 0.869. The third-order valence-electron chi connectivity index (χ3n) is 3.15. The molecule has 22 heavy (non-hydrogen) atoms. The number of hydrogen-bond donors (Lipinski definition) is 1. The number of nitrogens with one attached hydrogen (secondary N) is 1. The van der Waals surface area contributed by atoms with E-state index in [0.29, 0.717) is 5.02 Å². The number of halogens is 3. The molecular weight excluding hydrogens is 429 g/mol. The molecule has 0 amide bonds. The second kappa shape index (κ2) is 6.44. The fourth-order valence-corrected chi connectivity index (χ4v) is 2.88. The Hall–Kier alpha value is -1.30. The van der Waals surface area contributed by atoms with Crippen LogP contribution >= 0.6 is 43.5 Å². The van der Waals surface area contributed by atoms with Gasteiger partial charge in [-0.3, -0.25) is 0 Å². The van der Waals surface area contributed by atoms with Crippen LogP contribution in [0.1, 0.15) is 5.69 Å². The average molecular weight is 442 g/mol. The van der Waals surface area contributed by atoms with Crippen molar-refractivity contribution in [2.24, 2.45) is 0 Å². The molecule has 0 saturated heterocycles. The van der Waals surface area contributed by atoms with E-state index in [1.54, 1.807) is 0 Å². The van der Waals surface area contributed by atoms with Crippen LogP contribution in [0.4, 0.5) is 11.5 Å². The van der Waals surface area contributed by atoms with E-state index in [9.17, 15) is 0 Å². The van der Waals surface area contributed by atoms with Crippen molar-refractivity contribution in [2.75, 3.05) is 5.32 Å². The first-order valence-electron chi connectivity index (χ1n) is 6.58. The summed E-state index contributed by atoms with van der Waals surface area (Å²) >= 11 is 13.1. The lowest BCUT2D eigenvalue weighted by atomic mass is 10.3. The number of aromatic nitrogens is 2. The fraction of sp³-hybridized carbons (Fsp3) is 0.0625. The van der Waals surface area contributed by atoms with E-state index >= 15 is 0 Å². The van der Waals surface area contributed by atoms with Crippen molar-refractivity contribution >= 4 is 55.0 Å². The van der Waals surface area contributed by atoms with Crippen molar-refractivity contribution in [1.29, 1.82) is 0 Å². The Labute approximate surface area is 150 Å². The quantitative estimate of drug-likeness (QED) is 0.532. The number of aryl methyl sites for hydroxylation is 1. The lowest BCUT2D eigenvalue weighted by Gasteiger charge is -2.11. The van der Waals surface area contributed by atoms with Crippen molar-refractivity contribution < 1.29 is 0 Å². The van der Waals surface area contributed by atoms with Crippen LogP contribution < -0.4 is 5.32 Å². The predicted octanol–water partition coefficient (Wildman–Crippen LogP) is 6.10. The van der Waals surface area contributed by atoms with Gasteiger partial charge in [-0.2, -0.15) is 5.10 Å². The number of anilines is 2. The third-order valence-corrected chi connectivity index (χ3v) is 4.86. The molecular formula is C16H12Br2ClN3. The van der Waals surface area contributed by atoms with Crippen LogP contribution in [0.2, 0.25) is 5.02 Å². The number of hydrogen-bond acceptors (Lipinski definition) is 2. The largest absolute Gasteiger partial charge is 0.339 e. The molecule has 2 aromatic carbocycles. The standard InChI is InChI=1S/C16H12Br2ClN3/c1-10-15(18)16(20-13-7-5-11(17)6-8-13)22(21-10)14-4-2-3-12(19)9-14/h2-9,20H,1H3. The highest BCUT2D eigenvalue weighted by Gasteiger charge is 2.15. The first-order valence-corrected chi connectivity index (χ1v) is 8.54. The van der Waals surface area contributed by atoms with Gasteiger partial charge in [-0.25, -0.2) is 4.68 Å². The Morgan fingerprint density at radius 1 is 1.09 bits per heavy atom. The molecule has 0 atom stereocenters. The molecule has 0 fully saturated rings. The van der Waals surface area contributed by atoms with Crippen LogP contribution in [-0.2, 0) is 0 Å². The molecule has 0 aliphatic carbocycles. The van der Waals surface area contributed by atoms with Gasteiger partial charge >= 0.3 is 0 Å². The highest BCUT2D eigenvalue weighted by Crippen LogP contribution is 2.32. The van der Waals surface area contributed by atoms with E-state index < -0.39 is 0 Å². The molecule has 1 aromatic heterocycles. The van der Waals surface area contributed by atoms with Gasteiger partial charge in [-0.05, 0) is 65.3 Å². The summed E-state index contributed by atoms with van der Waals surface area (Å²) in [4.78, 5) is 0. The first kappa shape index (κ1) is 15.6. The summed E-state index contributed by atoms with van der Waals surface area (Å²) in [6, 6.07) is 15.6. The van der Waals surface area contributed by atoms with Gasteiger partial charge in [0.1, 0.15) is 5.82 Å². The van der Waals surface area contributed by atoms with Gasteiger partial charge in [-0.15, -0.1) is 0 Å². The molecule has 6 heteroatoms. The first-order chi connectivity index (χ1) is 10.5. The van der Waals surface area contributed by atoms with E-state index in [0.717, 1.165) is 31.8 Å². The zero-order valence-corrected chi connectivity index (χ0v) is 15.6. The predicted molar refractivity (Wildman–Crippen MR) is 98.4 cm³/mol. The van der Waals surface area contributed by atoms with Crippen LogP contribution in [0.3, 0.4) is 0 Å². The Kier molecular flexibility index (Phi) is 4.57. The summed E-state index contributed by atoms with van der Waals surface area (Å²) in [6.45, 7) is 1.96. The van der Waals surface area contributed by atoms with E-state index in [1.807, 2.05) is 60.1 Å². The van der Waals surface area contributed by atoms with Crippen molar-refractivity contribution in [3.8, 4) is 5.69 Å². The van der Waals surface area contributed by atoms with Crippen LogP contribution in [0.15, 0.2) is 57.5 Å². The Morgan fingerprint density at radius 3 is 2.50 bits per heavy atom. The third kappa shape index (κ3) is 3.21. The van der Waals surface area contributed by atoms with Gasteiger partial charge < -0.3 is 5.32 Å². The summed E-state index contributed by atoms with van der Waals surface area (Å²) in [5.74, 6) is 0.863. The van der Waals surface area contributed by atoms with Gasteiger partial charge in [0.25, 0.3) is 0 Å². The molecule has 0 radical (unpaired) electrons. The maximum Gasteiger partial charge on any atom is 0.148 e. The van der Waals surface area contributed by atoms with Crippen LogP contribution in [-0.4, -0.2) is 9.78 Å². The van der Waals surface area contributed by atoms with E-state index in [-0.39, 0.29) is 0 Å². The summed E-state index contributed by atoms with van der Waals surface area (Å²) in [6.07, 6.45) is 0. The van der Waals surface area contributed by atoms with Gasteiger partial charge in [0, 0.05) is 15.2 Å². The topological polar surface area (TPSA) is 29.9 Å². The highest BCUT2D eigenvalue weighted by atomic mass is 79.9. The molecule has 1 N–H and O–H groups in total. The molecule has 3 nitrogen and oxygen atoms in total. The van der Waals surface area contributed by atoms with Crippen molar-refractivity contribution in [1.82, 2.24) is 9.78 Å². The minimum atomic E-state index is 0.677. The lowest BCUT2D eigenvalue weighted by Crippen LogP contribution is -2.02. The van der Waals surface area contributed by atoms with Gasteiger partial charge in [0.2, 0.25) is 0 Å². The molecule has 0 spiro atoms. The second-order valence-electron chi connectivity index (χ2n) is 4.77. The molecule has 0 unspecified atom stereocenters. The molecule has 0 bridgehead atoms. The van der Waals surface area contributed by atoms with Crippen LogP contribution in [0, 0.1) is 6.92 Å². The zero-order valence-electron chi connectivity index (χ0n) is 11.6. The molecule has 3 rings (SSSR count). The van der Waals surface area contributed by atoms with Gasteiger partial charge in [0.05, 0.1) is 15.9 Å². The van der Waals surface area contributed by atoms with E-state index in [2.05, 4.69) is 42.3 Å². The maximum absolute atomic E-state index is 6.09. The summed E-state index contributed by atoms with van der Waals surface area (Å²) in [5.41, 5.74) is 2.78. The van der Waals surface area contributed by atoms with Crippen molar-refractivity contribution in [3.63, 3.8) is 0 Å². The Bertz CT molecular complexity index is 813. The smallest absolute Gasteiger partial charge is 0.148 e. The van der Waals surface area contributed by atoms with Gasteiger partial charge in [-0.1, -0.05) is 33.6 Å². The minimum absolute atomic E-state index is 0.677. The summed E-state index contributed by atoms with van der Waals surface area (Å²) < 4.78 is 3.81. The monoisotopic (exact) mass is 439 g/mol. The zero-order chi connectivity index (χ0) is 15.7. The van der Waals surface area contributed by atoms with Gasteiger partial charge in [0.15, 0.2) is 0 Å². The molecule has 3 aromatic rings. The van der Waals surface area contributed by atoms with E-state index in [1.165, 1.54) is 0 Å². The average Bonchev–Trinajstić information content (AvgIpc) is 2.78. The highest BCUT2D eigenvalue weighted by molar-refractivity contribution is 9.11. The Balaban J connectivity index is 2.05. The van der Waals surface area contributed by atoms with Crippen LogP contribution in [0.25, 0.3) is 5.69 Å². The SMILES string of the molecule is Cc1nn(-c2cccc(Cl)c2)c(Nc2ccc(Br)cc2)c1Br. The molecule has 0 saturated carbocycles. The normalized spacial score (nSPS) is 10.7. The number of nitrogens with zero attached hydrogens (tertiary/aromatic N) is 2.